The highest BCUT2D eigenvalue weighted by Gasteiger charge is 2.26. The van der Waals surface area contributed by atoms with Crippen molar-refractivity contribution in [2.75, 3.05) is 0 Å². The van der Waals surface area contributed by atoms with Crippen molar-refractivity contribution in [1.29, 1.82) is 10.5 Å². The SMILES string of the molecule is N#CC(F)(F)C#N.O=C1CCc2ccccc21. The topological polar surface area (TPSA) is 64.7 Å². The second-order valence-electron chi connectivity index (χ2n) is 3.38. The molecule has 0 unspecified atom stereocenters. The van der Waals surface area contributed by atoms with E-state index in [4.69, 9.17) is 10.5 Å². The van der Waals surface area contributed by atoms with Crippen LogP contribution in [0.4, 0.5) is 8.78 Å². The Morgan fingerprint density at radius 2 is 1.71 bits per heavy atom. The summed E-state index contributed by atoms with van der Waals surface area (Å²) in [5.74, 6) is -3.50. The summed E-state index contributed by atoms with van der Waals surface area (Å²) in [4.78, 5) is 11.1. The average molecular weight is 234 g/mol. The van der Waals surface area contributed by atoms with Crippen molar-refractivity contribution in [3.63, 3.8) is 0 Å². The Morgan fingerprint density at radius 3 is 2.18 bits per heavy atom. The van der Waals surface area contributed by atoms with Crippen LogP contribution in [0.5, 0.6) is 0 Å². The maximum Gasteiger partial charge on any atom is 0.418 e. The van der Waals surface area contributed by atoms with Gasteiger partial charge in [0.2, 0.25) is 0 Å². The zero-order chi connectivity index (χ0) is 12.9. The van der Waals surface area contributed by atoms with Crippen molar-refractivity contribution in [2.45, 2.75) is 18.8 Å². The first-order chi connectivity index (χ1) is 8.00. The van der Waals surface area contributed by atoms with E-state index in [1.807, 2.05) is 24.3 Å². The molecule has 0 aliphatic heterocycles. The van der Waals surface area contributed by atoms with E-state index in [1.165, 1.54) is 5.56 Å². The minimum atomic E-state index is -3.81. The van der Waals surface area contributed by atoms with Gasteiger partial charge in [0, 0.05) is 12.0 Å². The van der Waals surface area contributed by atoms with E-state index in [9.17, 15) is 13.6 Å². The van der Waals surface area contributed by atoms with Crippen molar-refractivity contribution in [1.82, 2.24) is 0 Å². The number of alkyl halides is 2. The number of ketones is 1. The van der Waals surface area contributed by atoms with Gasteiger partial charge in [0.05, 0.1) is 0 Å². The lowest BCUT2D eigenvalue weighted by atomic mass is 10.1. The van der Waals surface area contributed by atoms with Crippen LogP contribution in [-0.4, -0.2) is 11.7 Å². The van der Waals surface area contributed by atoms with Gasteiger partial charge in [0.25, 0.3) is 0 Å². The van der Waals surface area contributed by atoms with E-state index < -0.39 is 5.92 Å². The van der Waals surface area contributed by atoms with Crippen LogP contribution in [0.15, 0.2) is 24.3 Å². The quantitative estimate of drug-likeness (QED) is 0.692. The molecule has 0 amide bonds. The molecule has 1 aromatic carbocycles. The normalized spacial score (nSPS) is 12.8. The predicted molar refractivity (Wildman–Crippen MR) is 55.3 cm³/mol. The Labute approximate surface area is 96.9 Å². The molecule has 86 valence electrons. The lowest BCUT2D eigenvalue weighted by Crippen LogP contribution is -2.06. The first-order valence-corrected chi connectivity index (χ1v) is 4.81. The Kier molecular flexibility index (Phi) is 3.90. The van der Waals surface area contributed by atoms with Gasteiger partial charge in [-0.3, -0.25) is 4.79 Å². The lowest BCUT2D eigenvalue weighted by Gasteiger charge is -1.92. The number of hydrogen-bond acceptors (Lipinski definition) is 3. The van der Waals surface area contributed by atoms with E-state index in [-0.39, 0.29) is 0 Å². The summed E-state index contributed by atoms with van der Waals surface area (Å²) in [6.45, 7) is 0. The average Bonchev–Trinajstić information content (AvgIpc) is 2.73. The summed E-state index contributed by atoms with van der Waals surface area (Å²) in [5.41, 5.74) is 2.15. The molecule has 1 aliphatic carbocycles. The number of Topliss-reactive ketones (excluding diaryl/α,β-unsaturated/α-hetero) is 1. The number of halogens is 2. The molecule has 17 heavy (non-hydrogen) atoms. The number of hydrogen-bond donors (Lipinski definition) is 0. The number of carbonyl (C=O) groups excluding carboxylic acids is 1. The predicted octanol–water partition coefficient (Wildman–Crippen LogP) is 2.48. The first kappa shape index (κ1) is 12.8. The fourth-order valence-corrected chi connectivity index (χ4v) is 1.42. The molecule has 1 aliphatic rings. The van der Waals surface area contributed by atoms with Crippen molar-refractivity contribution in [2.24, 2.45) is 0 Å². The minimum Gasteiger partial charge on any atom is -0.294 e. The third-order valence-electron chi connectivity index (χ3n) is 2.22. The maximum atomic E-state index is 11.2. The van der Waals surface area contributed by atoms with Gasteiger partial charge in [0.1, 0.15) is 0 Å². The molecule has 5 heteroatoms. The van der Waals surface area contributed by atoms with E-state index in [2.05, 4.69) is 0 Å². The van der Waals surface area contributed by atoms with Gasteiger partial charge < -0.3 is 0 Å². The fraction of sp³-hybridized carbons (Fsp3) is 0.250. The smallest absolute Gasteiger partial charge is 0.294 e. The summed E-state index contributed by atoms with van der Waals surface area (Å²) < 4.78 is 22.3. The molecule has 0 N–H and O–H groups in total. The number of carbonyl (C=O) groups is 1. The number of fused-ring (bicyclic) bond motifs is 1. The molecule has 0 atom stereocenters. The molecule has 3 nitrogen and oxygen atoms in total. The van der Waals surface area contributed by atoms with Crippen LogP contribution in [0, 0.1) is 22.7 Å². The van der Waals surface area contributed by atoms with Crippen LogP contribution < -0.4 is 0 Å². The van der Waals surface area contributed by atoms with Gasteiger partial charge in [-0.05, 0) is 12.0 Å². The van der Waals surface area contributed by atoms with Crippen LogP contribution >= 0.6 is 0 Å². The Bertz CT molecular complexity index is 496. The summed E-state index contributed by atoms with van der Waals surface area (Å²) >= 11 is 0. The number of rotatable bonds is 0. The molecular weight excluding hydrogens is 226 g/mol. The first-order valence-electron chi connectivity index (χ1n) is 4.81. The molecule has 2 rings (SSSR count). The van der Waals surface area contributed by atoms with Gasteiger partial charge in [0.15, 0.2) is 17.9 Å². The second-order valence-corrected chi connectivity index (χ2v) is 3.38. The highest BCUT2D eigenvalue weighted by molar-refractivity contribution is 6.00. The zero-order valence-corrected chi connectivity index (χ0v) is 8.78. The molecule has 0 spiro atoms. The number of nitrogens with zero attached hydrogens (tertiary/aromatic N) is 2. The van der Waals surface area contributed by atoms with Gasteiger partial charge in [-0.1, -0.05) is 24.3 Å². The minimum absolute atomic E-state index is 0.301. The molecule has 0 radical (unpaired) electrons. The van der Waals surface area contributed by atoms with Crippen molar-refractivity contribution >= 4 is 5.78 Å². The van der Waals surface area contributed by atoms with Crippen LogP contribution in [-0.2, 0) is 6.42 Å². The zero-order valence-electron chi connectivity index (χ0n) is 8.78. The Balaban J connectivity index is 0.000000185. The second kappa shape index (κ2) is 5.18. The van der Waals surface area contributed by atoms with Crippen LogP contribution in [0.3, 0.4) is 0 Å². The molecular formula is C12H8F2N2O. The Morgan fingerprint density at radius 1 is 1.12 bits per heavy atom. The number of aryl methyl sites for hydroxylation is 1. The lowest BCUT2D eigenvalue weighted by molar-refractivity contribution is 0.0994. The molecule has 0 heterocycles. The number of benzene rings is 1. The third-order valence-corrected chi connectivity index (χ3v) is 2.22. The molecule has 0 saturated carbocycles. The highest BCUT2D eigenvalue weighted by Crippen LogP contribution is 2.20. The van der Waals surface area contributed by atoms with Gasteiger partial charge in [-0.25, -0.2) is 0 Å². The van der Waals surface area contributed by atoms with Crippen LogP contribution in [0.1, 0.15) is 22.3 Å². The largest absolute Gasteiger partial charge is 0.418 e. The number of nitriles is 2. The van der Waals surface area contributed by atoms with Crippen molar-refractivity contribution < 1.29 is 13.6 Å². The van der Waals surface area contributed by atoms with Crippen molar-refractivity contribution in [3.8, 4) is 12.1 Å². The molecule has 0 saturated heterocycles. The fourth-order valence-electron chi connectivity index (χ4n) is 1.42. The maximum absolute atomic E-state index is 11.2. The van der Waals surface area contributed by atoms with Gasteiger partial charge in [-0.15, -0.1) is 0 Å². The van der Waals surface area contributed by atoms with Gasteiger partial charge >= 0.3 is 5.92 Å². The summed E-state index contributed by atoms with van der Waals surface area (Å²) in [5, 5.41) is 14.7. The summed E-state index contributed by atoms with van der Waals surface area (Å²) in [6, 6.07) is 8.83. The Hall–Kier alpha value is -2.27. The van der Waals surface area contributed by atoms with Crippen LogP contribution in [0.2, 0.25) is 0 Å². The van der Waals surface area contributed by atoms with Crippen LogP contribution in [0.25, 0.3) is 0 Å². The highest BCUT2D eigenvalue weighted by atomic mass is 19.3. The monoisotopic (exact) mass is 234 g/mol. The van der Waals surface area contributed by atoms with Crippen molar-refractivity contribution in [3.05, 3.63) is 35.4 Å². The van der Waals surface area contributed by atoms with Gasteiger partial charge in [-0.2, -0.15) is 19.3 Å². The van der Waals surface area contributed by atoms with E-state index >= 15 is 0 Å². The molecule has 1 aromatic rings. The molecule has 0 bridgehead atoms. The standard InChI is InChI=1S/C9H8O.C3F2N2/c10-9-6-5-7-3-1-2-4-8(7)9;4-3(5,1-6)2-7/h1-4H,5-6H2;. The molecule has 0 fully saturated rings. The van der Waals surface area contributed by atoms with E-state index in [0.29, 0.717) is 24.3 Å². The van der Waals surface area contributed by atoms with E-state index in [1.54, 1.807) is 0 Å². The third kappa shape index (κ3) is 3.35. The molecule has 0 aromatic heterocycles. The summed E-state index contributed by atoms with van der Waals surface area (Å²) in [7, 11) is 0. The van der Waals surface area contributed by atoms with E-state index in [0.717, 1.165) is 12.0 Å². The summed E-state index contributed by atoms with van der Waals surface area (Å²) in [6.07, 6.45) is 1.65.